The van der Waals surface area contributed by atoms with Crippen molar-refractivity contribution in [3.8, 4) is 5.75 Å². The fourth-order valence-electron chi connectivity index (χ4n) is 4.57. The Morgan fingerprint density at radius 2 is 1.63 bits per heavy atom. The fraction of sp³-hybridized carbons (Fsp3) is 0.500. The van der Waals surface area contributed by atoms with Crippen molar-refractivity contribution in [3.63, 3.8) is 0 Å². The van der Waals surface area contributed by atoms with Gasteiger partial charge in [-0.1, -0.05) is 39.0 Å². The summed E-state index contributed by atoms with van der Waals surface area (Å²) in [6, 6.07) is 12.3. The molecule has 1 saturated heterocycles. The van der Waals surface area contributed by atoms with Gasteiger partial charge in [0.25, 0.3) is 5.91 Å². The van der Waals surface area contributed by atoms with Crippen molar-refractivity contribution in [1.82, 2.24) is 14.2 Å². The smallest absolute Gasteiger partial charge is 0.253 e. The fourth-order valence-corrected chi connectivity index (χ4v) is 7.38. The molecule has 1 amide bonds. The Labute approximate surface area is 230 Å². The van der Waals surface area contributed by atoms with Gasteiger partial charge >= 0.3 is 0 Å². The Bertz CT molecular complexity index is 1330. The van der Waals surface area contributed by atoms with Crippen molar-refractivity contribution in [2.45, 2.75) is 39.5 Å². The van der Waals surface area contributed by atoms with E-state index in [0.29, 0.717) is 51.4 Å². The summed E-state index contributed by atoms with van der Waals surface area (Å²) in [4.78, 5) is 22.2. The maximum Gasteiger partial charge on any atom is 0.253 e. The number of thiazole rings is 1. The van der Waals surface area contributed by atoms with Crippen LogP contribution in [0.25, 0.3) is 10.2 Å². The number of amides is 1. The van der Waals surface area contributed by atoms with E-state index in [4.69, 9.17) is 9.72 Å². The second-order valence-corrected chi connectivity index (χ2v) is 13.4. The number of carbonyl (C=O) groups excluding carboxylic acids is 1. The normalized spacial score (nSPS) is 14.7. The Balaban J connectivity index is 1.40. The van der Waals surface area contributed by atoms with Crippen LogP contribution < -0.4 is 9.64 Å². The minimum absolute atomic E-state index is 0.0829. The van der Waals surface area contributed by atoms with Gasteiger partial charge in [-0.15, -0.1) is 0 Å². The minimum Gasteiger partial charge on any atom is -0.494 e. The van der Waals surface area contributed by atoms with Gasteiger partial charge in [-0.3, -0.25) is 4.79 Å². The van der Waals surface area contributed by atoms with E-state index in [-0.39, 0.29) is 22.6 Å². The molecule has 0 aliphatic carbocycles. The Morgan fingerprint density at radius 3 is 2.21 bits per heavy atom. The molecule has 1 aromatic heterocycles. The van der Waals surface area contributed by atoms with Gasteiger partial charge in [-0.2, -0.15) is 4.31 Å². The van der Waals surface area contributed by atoms with Crippen LogP contribution in [0.15, 0.2) is 47.4 Å². The summed E-state index contributed by atoms with van der Waals surface area (Å²) in [5, 5.41) is 0.947. The van der Waals surface area contributed by atoms with Gasteiger partial charge < -0.3 is 14.5 Å². The van der Waals surface area contributed by atoms with Gasteiger partial charge in [0.2, 0.25) is 10.0 Å². The number of aromatic nitrogens is 1. The zero-order chi connectivity index (χ0) is 27.4. The monoisotopic (exact) mass is 558 g/mol. The number of ether oxygens (including phenoxy) is 1. The second-order valence-electron chi connectivity index (χ2n) is 10.5. The molecule has 0 atom stereocenters. The van der Waals surface area contributed by atoms with E-state index in [1.165, 1.54) is 0 Å². The largest absolute Gasteiger partial charge is 0.494 e. The van der Waals surface area contributed by atoms with Crippen molar-refractivity contribution in [3.05, 3.63) is 48.0 Å². The van der Waals surface area contributed by atoms with Crippen molar-refractivity contribution in [2.24, 2.45) is 11.8 Å². The lowest BCUT2D eigenvalue weighted by atomic mass is 10.2. The summed E-state index contributed by atoms with van der Waals surface area (Å²) in [7, 11) is -3.63. The predicted molar refractivity (Wildman–Crippen MR) is 154 cm³/mol. The molecular weight excluding hydrogens is 520 g/mol. The molecule has 2 aromatic carbocycles. The molecular formula is C28H38N4O4S2. The topological polar surface area (TPSA) is 83.0 Å². The van der Waals surface area contributed by atoms with Crippen LogP contribution in [0.5, 0.6) is 5.75 Å². The first-order valence-corrected chi connectivity index (χ1v) is 15.5. The van der Waals surface area contributed by atoms with Crippen LogP contribution >= 0.6 is 11.3 Å². The number of piperazine rings is 1. The van der Waals surface area contributed by atoms with E-state index in [2.05, 4.69) is 4.90 Å². The summed E-state index contributed by atoms with van der Waals surface area (Å²) >= 11 is 1.63. The Morgan fingerprint density at radius 1 is 1.00 bits per heavy atom. The average molecular weight is 559 g/mol. The quantitative estimate of drug-likeness (QED) is 0.350. The summed E-state index contributed by atoms with van der Waals surface area (Å²) < 4.78 is 34.8. The first-order valence-electron chi connectivity index (χ1n) is 13.3. The number of rotatable bonds is 10. The average Bonchev–Trinajstić information content (AvgIpc) is 3.31. The molecule has 0 bridgehead atoms. The summed E-state index contributed by atoms with van der Waals surface area (Å²) in [5.41, 5.74) is 1.45. The molecule has 0 N–H and O–H groups in total. The maximum absolute atomic E-state index is 13.3. The maximum atomic E-state index is 13.3. The lowest BCUT2D eigenvalue weighted by molar-refractivity contribution is 0.0746. The molecule has 206 valence electrons. The molecule has 1 fully saturated rings. The Kier molecular flexibility index (Phi) is 8.95. The molecule has 0 unspecified atom stereocenters. The molecule has 1 aliphatic heterocycles. The third-order valence-corrected chi connectivity index (χ3v) is 9.30. The minimum atomic E-state index is -3.63. The van der Waals surface area contributed by atoms with Crippen LogP contribution in [-0.2, 0) is 10.0 Å². The van der Waals surface area contributed by atoms with Gasteiger partial charge in [-0.05, 0) is 61.2 Å². The number of nitrogens with zero attached hydrogens (tertiary/aromatic N) is 4. The molecule has 0 radical (unpaired) electrons. The molecule has 1 aliphatic rings. The number of hydrogen-bond acceptors (Lipinski definition) is 7. The number of carbonyl (C=O) groups is 1. The highest BCUT2D eigenvalue weighted by molar-refractivity contribution is 7.89. The van der Waals surface area contributed by atoms with Crippen molar-refractivity contribution < 1.29 is 17.9 Å². The third kappa shape index (κ3) is 6.47. The molecule has 0 saturated carbocycles. The van der Waals surface area contributed by atoms with Crippen molar-refractivity contribution in [2.75, 3.05) is 50.8 Å². The van der Waals surface area contributed by atoms with Gasteiger partial charge in [-0.25, -0.2) is 13.4 Å². The number of anilines is 1. The molecule has 8 nitrogen and oxygen atoms in total. The summed E-state index contributed by atoms with van der Waals surface area (Å²) in [6.07, 6.45) is 0. The standard InChI is InChI=1S/C28H38N4O4S2/c1-6-36-23-9-12-25-26(17-23)37-28(29-25)31-15-13-30(14-16-31)27(33)22-7-10-24(11-8-22)38(34,35)32(18-20(2)3)19-21(4)5/h7-12,17,20-21H,6,13-16,18-19H2,1-5H3. The van der Waals surface area contributed by atoms with E-state index in [9.17, 15) is 13.2 Å². The van der Waals surface area contributed by atoms with Gasteiger partial charge in [0.05, 0.1) is 21.7 Å². The van der Waals surface area contributed by atoms with Crippen LogP contribution in [0.3, 0.4) is 0 Å². The zero-order valence-electron chi connectivity index (χ0n) is 22.9. The van der Waals surface area contributed by atoms with Gasteiger partial charge in [0.15, 0.2) is 5.13 Å². The summed E-state index contributed by atoms with van der Waals surface area (Å²) in [6.45, 7) is 14.1. The van der Waals surface area contributed by atoms with Gasteiger partial charge in [0, 0.05) is 44.8 Å². The lowest BCUT2D eigenvalue weighted by Crippen LogP contribution is -2.48. The number of benzene rings is 2. The van der Waals surface area contributed by atoms with E-state index < -0.39 is 10.0 Å². The third-order valence-electron chi connectivity index (χ3n) is 6.37. The highest BCUT2D eigenvalue weighted by atomic mass is 32.2. The van der Waals surface area contributed by atoms with E-state index in [1.54, 1.807) is 39.9 Å². The first-order chi connectivity index (χ1) is 18.1. The van der Waals surface area contributed by atoms with Gasteiger partial charge in [0.1, 0.15) is 5.75 Å². The lowest BCUT2D eigenvalue weighted by Gasteiger charge is -2.34. The molecule has 2 heterocycles. The van der Waals surface area contributed by atoms with E-state index >= 15 is 0 Å². The SMILES string of the molecule is CCOc1ccc2nc(N3CCN(C(=O)c4ccc(S(=O)(=O)N(CC(C)C)CC(C)C)cc4)CC3)sc2c1. The second kappa shape index (κ2) is 12.0. The van der Waals surface area contributed by atoms with E-state index in [0.717, 1.165) is 21.1 Å². The first kappa shape index (κ1) is 28.3. The molecule has 10 heteroatoms. The van der Waals surface area contributed by atoms with Crippen LogP contribution in [0, 0.1) is 11.8 Å². The van der Waals surface area contributed by atoms with Crippen LogP contribution in [-0.4, -0.2) is 74.4 Å². The molecule has 0 spiro atoms. The zero-order valence-corrected chi connectivity index (χ0v) is 24.5. The molecule has 3 aromatic rings. The van der Waals surface area contributed by atoms with Crippen LogP contribution in [0.1, 0.15) is 45.0 Å². The van der Waals surface area contributed by atoms with Crippen LogP contribution in [0.2, 0.25) is 0 Å². The van der Waals surface area contributed by atoms with E-state index in [1.807, 2.05) is 57.7 Å². The van der Waals surface area contributed by atoms with Crippen molar-refractivity contribution in [1.29, 1.82) is 0 Å². The van der Waals surface area contributed by atoms with Crippen molar-refractivity contribution >= 4 is 42.6 Å². The predicted octanol–water partition coefficient (Wildman–Crippen LogP) is 4.96. The molecule has 38 heavy (non-hydrogen) atoms. The summed E-state index contributed by atoms with van der Waals surface area (Å²) in [5.74, 6) is 1.20. The Hall–Kier alpha value is -2.69. The van der Waals surface area contributed by atoms with Crippen LogP contribution in [0.4, 0.5) is 5.13 Å². The number of fused-ring (bicyclic) bond motifs is 1. The number of sulfonamides is 1. The number of hydrogen-bond donors (Lipinski definition) is 0. The highest BCUT2D eigenvalue weighted by Gasteiger charge is 2.27. The highest BCUT2D eigenvalue weighted by Crippen LogP contribution is 2.32. The molecule has 4 rings (SSSR count).